The summed E-state index contributed by atoms with van der Waals surface area (Å²) in [6, 6.07) is 0. The Bertz CT molecular complexity index is 219. The van der Waals surface area contributed by atoms with Crippen LogP contribution in [0.2, 0.25) is 0 Å². The summed E-state index contributed by atoms with van der Waals surface area (Å²) in [6.45, 7) is 7.94. The van der Waals surface area contributed by atoms with Crippen molar-refractivity contribution in [3.63, 3.8) is 0 Å². The van der Waals surface area contributed by atoms with Gasteiger partial charge in [-0.1, -0.05) is 26.7 Å². The number of rotatable bonds is 7. The first kappa shape index (κ1) is 12.3. The third-order valence-electron chi connectivity index (χ3n) is 2.80. The summed E-state index contributed by atoms with van der Waals surface area (Å²) in [5.41, 5.74) is 0. The summed E-state index contributed by atoms with van der Waals surface area (Å²) >= 11 is 0. The standard InChI is InChI=1S/C13H25N2/c1-3-5-6-7-9-15-12-10-14(8-4-2)11-13-15/h10,12-13H,3-9,11H2,1-2H3/q+1. The van der Waals surface area contributed by atoms with E-state index in [4.69, 9.17) is 0 Å². The Morgan fingerprint density at radius 2 is 2.00 bits per heavy atom. The molecular weight excluding hydrogens is 184 g/mol. The van der Waals surface area contributed by atoms with Crippen molar-refractivity contribution in [2.45, 2.75) is 46.0 Å². The van der Waals surface area contributed by atoms with Gasteiger partial charge in [-0.05, 0) is 12.8 Å². The molecule has 0 aromatic rings. The lowest BCUT2D eigenvalue weighted by atomic mass is 10.2. The summed E-state index contributed by atoms with van der Waals surface area (Å²) in [7, 11) is 0. The second-order valence-electron chi connectivity index (χ2n) is 4.27. The third-order valence-corrected chi connectivity index (χ3v) is 2.80. The zero-order chi connectivity index (χ0) is 10.9. The van der Waals surface area contributed by atoms with Crippen molar-refractivity contribution in [2.24, 2.45) is 0 Å². The van der Waals surface area contributed by atoms with Gasteiger partial charge in [0.05, 0.1) is 12.7 Å². The molecular formula is C13H25N2+. The molecule has 0 fully saturated rings. The fourth-order valence-electron chi connectivity index (χ4n) is 1.85. The van der Waals surface area contributed by atoms with Crippen molar-refractivity contribution < 1.29 is 4.58 Å². The van der Waals surface area contributed by atoms with Gasteiger partial charge in [-0.15, -0.1) is 0 Å². The van der Waals surface area contributed by atoms with Crippen molar-refractivity contribution in [2.75, 3.05) is 19.6 Å². The van der Waals surface area contributed by atoms with Crippen LogP contribution in [0.25, 0.3) is 0 Å². The molecule has 0 atom stereocenters. The number of nitrogens with zero attached hydrogens (tertiary/aromatic N) is 2. The van der Waals surface area contributed by atoms with Crippen molar-refractivity contribution in [3.05, 3.63) is 12.4 Å². The van der Waals surface area contributed by atoms with E-state index < -0.39 is 0 Å². The average Bonchev–Trinajstić information content (AvgIpc) is 2.27. The summed E-state index contributed by atoms with van der Waals surface area (Å²) in [5.74, 6) is 0. The normalized spacial score (nSPS) is 15.6. The maximum Gasteiger partial charge on any atom is 0.184 e. The Balaban J connectivity index is 2.14. The summed E-state index contributed by atoms with van der Waals surface area (Å²) in [5, 5.41) is 0. The fraction of sp³-hybridized carbons (Fsp3) is 0.769. The molecule has 0 aliphatic carbocycles. The second-order valence-corrected chi connectivity index (χ2v) is 4.27. The maximum atomic E-state index is 2.36. The van der Waals surface area contributed by atoms with E-state index in [-0.39, 0.29) is 0 Å². The van der Waals surface area contributed by atoms with E-state index in [2.05, 4.69) is 41.9 Å². The lowest BCUT2D eigenvalue weighted by molar-refractivity contribution is -0.457. The van der Waals surface area contributed by atoms with Crippen LogP contribution in [-0.2, 0) is 0 Å². The number of hydrogen-bond donors (Lipinski definition) is 0. The predicted molar refractivity (Wildman–Crippen MR) is 66.3 cm³/mol. The van der Waals surface area contributed by atoms with Crippen LogP contribution in [0.4, 0.5) is 0 Å². The highest BCUT2D eigenvalue weighted by Crippen LogP contribution is 2.01. The average molecular weight is 209 g/mol. The van der Waals surface area contributed by atoms with Crippen LogP contribution in [0.1, 0.15) is 46.0 Å². The van der Waals surface area contributed by atoms with E-state index in [9.17, 15) is 0 Å². The third kappa shape index (κ3) is 5.01. The lowest BCUT2D eigenvalue weighted by Gasteiger charge is -2.18. The zero-order valence-electron chi connectivity index (χ0n) is 10.3. The Kier molecular flexibility index (Phi) is 6.14. The number of unbranched alkanes of at least 4 members (excludes halogenated alkanes) is 3. The molecule has 0 saturated carbocycles. The molecule has 1 aliphatic rings. The molecule has 0 spiro atoms. The minimum atomic E-state index is 1.08. The van der Waals surface area contributed by atoms with Gasteiger partial charge in [0.25, 0.3) is 0 Å². The second kappa shape index (κ2) is 7.49. The highest BCUT2D eigenvalue weighted by atomic mass is 15.2. The van der Waals surface area contributed by atoms with E-state index in [1.807, 2.05) is 0 Å². The molecule has 1 heterocycles. The Morgan fingerprint density at radius 1 is 1.13 bits per heavy atom. The topological polar surface area (TPSA) is 6.25 Å². The first-order valence-corrected chi connectivity index (χ1v) is 6.38. The van der Waals surface area contributed by atoms with Gasteiger partial charge in [0.2, 0.25) is 0 Å². The number of hydrogen-bond acceptors (Lipinski definition) is 1. The van der Waals surface area contributed by atoms with Gasteiger partial charge in [0, 0.05) is 13.0 Å². The summed E-state index contributed by atoms with van der Waals surface area (Å²) < 4.78 is 2.34. The van der Waals surface area contributed by atoms with Crippen LogP contribution in [0.5, 0.6) is 0 Å². The molecule has 0 amide bonds. The molecule has 0 aromatic carbocycles. The molecule has 86 valence electrons. The van der Waals surface area contributed by atoms with E-state index in [1.165, 1.54) is 45.2 Å². The van der Waals surface area contributed by atoms with Crippen LogP contribution in [0.3, 0.4) is 0 Å². The maximum absolute atomic E-state index is 2.36. The summed E-state index contributed by atoms with van der Waals surface area (Å²) in [4.78, 5) is 2.36. The minimum absolute atomic E-state index is 1.08. The molecule has 1 aliphatic heterocycles. The van der Waals surface area contributed by atoms with Gasteiger partial charge >= 0.3 is 0 Å². The van der Waals surface area contributed by atoms with Crippen LogP contribution in [-0.4, -0.2) is 35.3 Å². The molecule has 15 heavy (non-hydrogen) atoms. The van der Waals surface area contributed by atoms with Crippen LogP contribution in [0, 0.1) is 0 Å². The SMILES string of the molecule is CCCCCC[N+]1=CCN(CCC)C=C1. The minimum Gasteiger partial charge on any atom is -0.363 e. The van der Waals surface area contributed by atoms with Gasteiger partial charge in [0.1, 0.15) is 6.54 Å². The van der Waals surface area contributed by atoms with Gasteiger partial charge in [0.15, 0.2) is 12.4 Å². The Morgan fingerprint density at radius 3 is 2.60 bits per heavy atom. The van der Waals surface area contributed by atoms with Crippen LogP contribution < -0.4 is 0 Å². The fourth-order valence-corrected chi connectivity index (χ4v) is 1.85. The van der Waals surface area contributed by atoms with Gasteiger partial charge < -0.3 is 4.90 Å². The monoisotopic (exact) mass is 209 g/mol. The van der Waals surface area contributed by atoms with E-state index >= 15 is 0 Å². The van der Waals surface area contributed by atoms with E-state index in [0.717, 1.165) is 6.54 Å². The van der Waals surface area contributed by atoms with Crippen molar-refractivity contribution in [3.8, 4) is 0 Å². The first-order valence-electron chi connectivity index (χ1n) is 6.38. The predicted octanol–water partition coefficient (Wildman–Crippen LogP) is 2.85. The molecule has 2 heteroatoms. The highest BCUT2D eigenvalue weighted by molar-refractivity contribution is 5.55. The highest BCUT2D eigenvalue weighted by Gasteiger charge is 2.08. The van der Waals surface area contributed by atoms with Crippen LogP contribution in [0.15, 0.2) is 12.4 Å². The molecule has 0 radical (unpaired) electrons. The van der Waals surface area contributed by atoms with E-state index in [1.54, 1.807) is 0 Å². The smallest absolute Gasteiger partial charge is 0.184 e. The molecule has 0 N–H and O–H groups in total. The van der Waals surface area contributed by atoms with Crippen molar-refractivity contribution in [1.82, 2.24) is 4.90 Å². The lowest BCUT2D eigenvalue weighted by Crippen LogP contribution is -2.28. The zero-order valence-corrected chi connectivity index (χ0v) is 10.3. The Labute approximate surface area is 94.3 Å². The summed E-state index contributed by atoms with van der Waals surface area (Å²) in [6.07, 6.45) is 13.4. The van der Waals surface area contributed by atoms with Gasteiger partial charge in [-0.25, -0.2) is 4.58 Å². The first-order chi connectivity index (χ1) is 7.36. The molecule has 2 nitrogen and oxygen atoms in total. The Hall–Kier alpha value is -0.790. The van der Waals surface area contributed by atoms with Crippen LogP contribution >= 0.6 is 0 Å². The molecule has 1 rings (SSSR count). The van der Waals surface area contributed by atoms with Crippen molar-refractivity contribution in [1.29, 1.82) is 0 Å². The molecule has 0 unspecified atom stereocenters. The molecule has 0 aromatic heterocycles. The van der Waals surface area contributed by atoms with Gasteiger partial charge in [-0.2, -0.15) is 0 Å². The molecule has 0 saturated heterocycles. The largest absolute Gasteiger partial charge is 0.363 e. The quantitative estimate of drug-likeness (QED) is 0.461. The molecule has 0 bridgehead atoms. The van der Waals surface area contributed by atoms with Gasteiger partial charge in [-0.3, -0.25) is 0 Å². The van der Waals surface area contributed by atoms with E-state index in [0.29, 0.717) is 0 Å². The van der Waals surface area contributed by atoms with Crippen molar-refractivity contribution >= 4 is 6.21 Å².